The first-order valence-corrected chi connectivity index (χ1v) is 12.2. The summed E-state index contributed by atoms with van der Waals surface area (Å²) in [5.41, 5.74) is 5.99. The first kappa shape index (κ1) is 21.7. The Morgan fingerprint density at radius 2 is 1.76 bits per heavy atom. The van der Waals surface area contributed by atoms with E-state index in [9.17, 15) is 4.39 Å². The van der Waals surface area contributed by atoms with Crippen LogP contribution in [0.5, 0.6) is 0 Å². The molecule has 0 amide bonds. The summed E-state index contributed by atoms with van der Waals surface area (Å²) >= 11 is 1.82. The number of allylic oxidation sites excluding steroid dienone is 2. The molecule has 4 aromatic rings. The van der Waals surface area contributed by atoms with Gasteiger partial charge in [0.25, 0.3) is 0 Å². The van der Waals surface area contributed by atoms with Crippen molar-refractivity contribution in [2.24, 2.45) is 11.8 Å². The average molecular weight is 454 g/mol. The van der Waals surface area contributed by atoms with Crippen molar-refractivity contribution >= 4 is 38.2 Å². The van der Waals surface area contributed by atoms with Gasteiger partial charge in [0.05, 0.1) is 12.2 Å². The van der Waals surface area contributed by atoms with Gasteiger partial charge in [-0.2, -0.15) is 0 Å². The van der Waals surface area contributed by atoms with Crippen LogP contribution in [-0.4, -0.2) is 11.3 Å². The molecule has 0 aliphatic carbocycles. The lowest BCUT2D eigenvalue weighted by Gasteiger charge is -2.30. The molecule has 0 N–H and O–H groups in total. The lowest BCUT2D eigenvalue weighted by Crippen LogP contribution is -2.19. The molecule has 3 heteroatoms. The van der Waals surface area contributed by atoms with E-state index >= 15 is 0 Å². The van der Waals surface area contributed by atoms with Crippen LogP contribution in [0.2, 0.25) is 0 Å². The van der Waals surface area contributed by atoms with Crippen molar-refractivity contribution in [3.05, 3.63) is 102 Å². The average Bonchev–Trinajstić information content (AvgIpc) is 3.18. The molecule has 0 spiro atoms. The molecule has 33 heavy (non-hydrogen) atoms. The molecule has 0 fully saturated rings. The molecule has 1 nitrogen and oxygen atoms in total. The molecule has 1 aromatic heterocycles. The van der Waals surface area contributed by atoms with Crippen LogP contribution in [-0.2, 0) is 0 Å². The topological polar surface area (TPSA) is 3.01 Å². The third-order valence-electron chi connectivity index (χ3n) is 6.87. The maximum Gasteiger partial charge on any atom is 0.231 e. The Labute approximate surface area is 199 Å². The SMILES string of the molecule is C=[N+]1C=CC(C(C)C(C)C)=C[C-]1c1c(C)ccc2c3cccc(-c4ccc(F)cc4)c3[s+][c-]12. The molecule has 1 atom stereocenters. The molecule has 1 aliphatic heterocycles. The second-order valence-corrected chi connectivity index (χ2v) is 10.3. The highest BCUT2D eigenvalue weighted by Crippen LogP contribution is 2.44. The monoisotopic (exact) mass is 453 g/mol. The van der Waals surface area contributed by atoms with E-state index in [1.54, 1.807) is 0 Å². The van der Waals surface area contributed by atoms with E-state index < -0.39 is 0 Å². The summed E-state index contributed by atoms with van der Waals surface area (Å²) in [4.78, 5) is 0. The number of hydrogen-bond donors (Lipinski definition) is 0. The highest BCUT2D eigenvalue weighted by Gasteiger charge is 2.25. The molecule has 1 unspecified atom stereocenters. The van der Waals surface area contributed by atoms with Crippen molar-refractivity contribution < 1.29 is 8.97 Å². The standard InChI is InChI=1S/C30H28FNS/c1-18(2)20(4)22-15-16-32(5)27(17-22)28-19(3)9-14-26-25-8-6-7-24(29(25)33-30(26)28)21-10-12-23(31)13-11-21/h6-18,20H,5H2,1-4H3. The van der Waals surface area contributed by atoms with Crippen LogP contribution in [0, 0.1) is 30.6 Å². The molecule has 3 aromatic carbocycles. The molecule has 1 aliphatic rings. The van der Waals surface area contributed by atoms with Gasteiger partial charge in [-0.1, -0.05) is 69.4 Å². The zero-order valence-electron chi connectivity index (χ0n) is 19.5. The van der Waals surface area contributed by atoms with Crippen LogP contribution < -0.4 is 0 Å². The van der Waals surface area contributed by atoms with E-state index in [1.165, 1.54) is 49.0 Å². The minimum absolute atomic E-state index is 0.212. The van der Waals surface area contributed by atoms with E-state index in [0.29, 0.717) is 11.8 Å². The van der Waals surface area contributed by atoms with Crippen molar-refractivity contribution in [2.45, 2.75) is 27.7 Å². The Hall–Kier alpha value is -3.17. The van der Waals surface area contributed by atoms with Crippen molar-refractivity contribution in [3.8, 4) is 11.1 Å². The van der Waals surface area contributed by atoms with Gasteiger partial charge in [-0.05, 0) is 35.2 Å². The van der Waals surface area contributed by atoms with Gasteiger partial charge in [-0.3, -0.25) is 0 Å². The van der Waals surface area contributed by atoms with Gasteiger partial charge in [0.15, 0.2) is 11.3 Å². The lowest BCUT2D eigenvalue weighted by atomic mass is 9.86. The number of hydrogen-bond acceptors (Lipinski definition) is 0. The quantitative estimate of drug-likeness (QED) is 0.165. The molecule has 0 bridgehead atoms. The van der Waals surface area contributed by atoms with Gasteiger partial charge in [-0.25, -0.2) is 4.39 Å². The van der Waals surface area contributed by atoms with Crippen molar-refractivity contribution in [1.82, 2.24) is 0 Å². The number of fused-ring (bicyclic) bond motifs is 3. The molecule has 0 saturated heterocycles. The fourth-order valence-electron chi connectivity index (χ4n) is 4.56. The van der Waals surface area contributed by atoms with E-state index in [2.05, 4.69) is 83.1 Å². The molecular weight excluding hydrogens is 425 g/mol. The number of nitrogens with zero attached hydrogens (tertiary/aromatic N) is 1. The predicted octanol–water partition coefficient (Wildman–Crippen LogP) is 8.51. The first-order valence-electron chi connectivity index (χ1n) is 11.4. The summed E-state index contributed by atoms with van der Waals surface area (Å²) in [5.74, 6) is 0.825. The minimum atomic E-state index is -0.212. The fraction of sp³-hybridized carbons (Fsp3) is 0.200. The largest absolute Gasteiger partial charge is 0.336 e. The number of thiophene rings is 1. The summed E-state index contributed by atoms with van der Waals surface area (Å²) in [6.45, 7) is 13.3. The minimum Gasteiger partial charge on any atom is -0.336 e. The zero-order chi connectivity index (χ0) is 23.3. The maximum atomic E-state index is 13.5. The Kier molecular flexibility index (Phi) is 5.46. The summed E-state index contributed by atoms with van der Waals surface area (Å²) in [5, 5.41) is 2.49. The van der Waals surface area contributed by atoms with Gasteiger partial charge >= 0.3 is 0 Å². The van der Waals surface area contributed by atoms with E-state index in [1.807, 2.05) is 28.0 Å². The van der Waals surface area contributed by atoms with Crippen LogP contribution in [0.4, 0.5) is 4.39 Å². The van der Waals surface area contributed by atoms with E-state index in [0.717, 1.165) is 17.2 Å². The first-order chi connectivity index (χ1) is 15.8. The Balaban J connectivity index is 1.74. The summed E-state index contributed by atoms with van der Waals surface area (Å²) < 4.78 is 18.0. The number of rotatable bonds is 4. The van der Waals surface area contributed by atoms with Gasteiger partial charge in [0, 0.05) is 17.7 Å². The highest BCUT2D eigenvalue weighted by molar-refractivity contribution is 7.26. The molecular formula is C30H28FNS. The van der Waals surface area contributed by atoms with E-state index in [4.69, 9.17) is 0 Å². The van der Waals surface area contributed by atoms with Crippen molar-refractivity contribution in [3.63, 3.8) is 0 Å². The lowest BCUT2D eigenvalue weighted by molar-refractivity contribution is -0.418. The molecule has 0 saturated carbocycles. The number of benzene rings is 3. The maximum absolute atomic E-state index is 13.5. The van der Waals surface area contributed by atoms with Gasteiger partial charge < -0.3 is 4.58 Å². The van der Waals surface area contributed by atoms with Crippen LogP contribution >= 0.6 is 11.3 Å². The van der Waals surface area contributed by atoms with Crippen LogP contribution in [0.3, 0.4) is 0 Å². The van der Waals surface area contributed by atoms with Crippen molar-refractivity contribution in [1.29, 1.82) is 0 Å². The Morgan fingerprint density at radius 1 is 1.00 bits per heavy atom. The fourth-order valence-corrected chi connectivity index (χ4v) is 6.01. The molecule has 166 valence electrons. The molecule has 0 radical (unpaired) electrons. The summed E-state index contributed by atoms with van der Waals surface area (Å²) in [7, 11) is 0. The summed E-state index contributed by atoms with van der Waals surface area (Å²) in [6, 6.07) is 18.8. The molecule has 2 heterocycles. The second-order valence-electron chi connectivity index (χ2n) is 9.27. The van der Waals surface area contributed by atoms with Gasteiger partial charge in [0.1, 0.15) is 10.5 Å². The third-order valence-corrected chi connectivity index (χ3v) is 8.14. The molecule has 5 rings (SSSR count). The number of aryl methyl sites for hydroxylation is 1. The zero-order valence-corrected chi connectivity index (χ0v) is 20.3. The van der Waals surface area contributed by atoms with Crippen LogP contribution in [0.15, 0.2) is 78.5 Å². The van der Waals surface area contributed by atoms with Gasteiger partial charge in [0.2, 0.25) is 4.70 Å². The number of halogens is 1. The van der Waals surface area contributed by atoms with E-state index in [-0.39, 0.29) is 5.82 Å². The van der Waals surface area contributed by atoms with Crippen LogP contribution in [0.25, 0.3) is 31.3 Å². The van der Waals surface area contributed by atoms with Crippen LogP contribution in [0.1, 0.15) is 31.9 Å². The highest BCUT2D eigenvalue weighted by atomic mass is 32.1. The normalized spacial score (nSPS) is 15.0. The predicted molar refractivity (Wildman–Crippen MR) is 140 cm³/mol. The third kappa shape index (κ3) is 3.71. The Morgan fingerprint density at radius 3 is 2.48 bits per heavy atom. The second kappa shape index (κ2) is 8.31. The van der Waals surface area contributed by atoms with Crippen molar-refractivity contribution in [2.75, 3.05) is 0 Å². The Bertz CT molecular complexity index is 1440. The van der Waals surface area contributed by atoms with Gasteiger partial charge in [-0.15, -0.1) is 29.4 Å². The smallest absolute Gasteiger partial charge is 0.231 e. The summed E-state index contributed by atoms with van der Waals surface area (Å²) in [6.07, 6.45) is 6.58.